The maximum Gasteiger partial charge on any atom is 0.305 e. The van der Waals surface area contributed by atoms with Crippen molar-refractivity contribution in [2.75, 3.05) is 11.4 Å². The Bertz CT molecular complexity index is 411. The lowest BCUT2D eigenvalue weighted by Crippen LogP contribution is -2.31. The van der Waals surface area contributed by atoms with Crippen molar-refractivity contribution in [3.8, 4) is 0 Å². The predicted molar refractivity (Wildman–Crippen MR) is 73.2 cm³/mol. The minimum atomic E-state index is -0.703. The molecule has 1 saturated heterocycles. The number of hydrogen-bond donors (Lipinski definition) is 1. The van der Waals surface area contributed by atoms with Gasteiger partial charge in [0.1, 0.15) is 0 Å². The highest BCUT2D eigenvalue weighted by atomic mass is 16.4. The van der Waals surface area contributed by atoms with Gasteiger partial charge in [0.15, 0.2) is 0 Å². The minimum Gasteiger partial charge on any atom is -0.481 e. The second-order valence-corrected chi connectivity index (χ2v) is 5.33. The van der Waals surface area contributed by atoms with E-state index in [-0.39, 0.29) is 12.5 Å². The van der Waals surface area contributed by atoms with E-state index in [1.807, 2.05) is 0 Å². The molecule has 3 heteroatoms. The van der Waals surface area contributed by atoms with Gasteiger partial charge in [-0.15, -0.1) is 0 Å². The number of rotatable bonds is 4. The van der Waals surface area contributed by atoms with E-state index in [2.05, 4.69) is 43.0 Å². The van der Waals surface area contributed by atoms with Gasteiger partial charge in [-0.3, -0.25) is 4.79 Å². The van der Waals surface area contributed by atoms with Crippen molar-refractivity contribution in [3.05, 3.63) is 29.8 Å². The highest BCUT2D eigenvalue weighted by molar-refractivity contribution is 5.69. The van der Waals surface area contributed by atoms with Crippen LogP contribution in [0.25, 0.3) is 0 Å². The van der Waals surface area contributed by atoms with Crippen molar-refractivity contribution in [1.82, 2.24) is 0 Å². The zero-order valence-corrected chi connectivity index (χ0v) is 11.1. The smallest absolute Gasteiger partial charge is 0.305 e. The molecule has 0 aliphatic carbocycles. The molecular formula is C15H21NO2. The first-order chi connectivity index (χ1) is 8.58. The predicted octanol–water partition coefficient (Wildman–Crippen LogP) is 3.25. The molecule has 1 heterocycles. The average Bonchev–Trinajstić information content (AvgIpc) is 2.76. The Hall–Kier alpha value is -1.51. The van der Waals surface area contributed by atoms with E-state index in [0.29, 0.717) is 5.92 Å². The van der Waals surface area contributed by atoms with E-state index >= 15 is 0 Å². The average molecular weight is 247 g/mol. The molecular weight excluding hydrogens is 226 g/mol. The van der Waals surface area contributed by atoms with E-state index in [1.165, 1.54) is 5.56 Å². The van der Waals surface area contributed by atoms with E-state index in [1.54, 1.807) is 0 Å². The summed E-state index contributed by atoms with van der Waals surface area (Å²) in [4.78, 5) is 13.1. The molecule has 0 spiro atoms. The Morgan fingerprint density at radius 2 is 2.06 bits per heavy atom. The third kappa shape index (κ3) is 2.84. The van der Waals surface area contributed by atoms with Gasteiger partial charge in [0, 0.05) is 18.3 Å². The van der Waals surface area contributed by atoms with Gasteiger partial charge in [-0.1, -0.05) is 26.0 Å². The third-order valence-corrected chi connectivity index (χ3v) is 3.68. The summed E-state index contributed by atoms with van der Waals surface area (Å²) in [6.07, 6.45) is 2.31. The molecule has 1 N–H and O–H groups in total. The summed E-state index contributed by atoms with van der Waals surface area (Å²) in [6, 6.07) is 8.70. The standard InChI is InChI=1S/C15H21NO2/c1-11(2)12-5-7-13(8-6-12)16-9-3-4-14(16)10-15(17)18/h5-8,11,14H,3-4,9-10H2,1-2H3,(H,17,18). The van der Waals surface area contributed by atoms with E-state index in [0.717, 1.165) is 25.1 Å². The van der Waals surface area contributed by atoms with Gasteiger partial charge in [0.05, 0.1) is 6.42 Å². The van der Waals surface area contributed by atoms with Crippen LogP contribution >= 0.6 is 0 Å². The van der Waals surface area contributed by atoms with Crippen molar-refractivity contribution in [2.24, 2.45) is 0 Å². The molecule has 1 atom stereocenters. The number of hydrogen-bond acceptors (Lipinski definition) is 2. The van der Waals surface area contributed by atoms with Gasteiger partial charge in [0.25, 0.3) is 0 Å². The fourth-order valence-electron chi connectivity index (χ4n) is 2.64. The molecule has 1 aromatic rings. The summed E-state index contributed by atoms with van der Waals surface area (Å²) in [7, 11) is 0. The molecule has 1 fully saturated rings. The Morgan fingerprint density at radius 3 is 2.61 bits per heavy atom. The number of carboxylic acid groups (broad SMARTS) is 1. The summed E-state index contributed by atoms with van der Waals surface area (Å²) in [5.41, 5.74) is 2.48. The largest absolute Gasteiger partial charge is 0.481 e. The SMILES string of the molecule is CC(C)c1ccc(N2CCCC2CC(=O)O)cc1. The lowest BCUT2D eigenvalue weighted by molar-refractivity contribution is -0.137. The summed E-state index contributed by atoms with van der Waals surface area (Å²) < 4.78 is 0. The quantitative estimate of drug-likeness (QED) is 0.887. The molecule has 2 rings (SSSR count). The van der Waals surface area contributed by atoms with Crippen molar-refractivity contribution in [1.29, 1.82) is 0 Å². The van der Waals surface area contributed by atoms with Crippen LogP contribution in [0.3, 0.4) is 0 Å². The molecule has 1 unspecified atom stereocenters. The zero-order chi connectivity index (χ0) is 13.1. The lowest BCUT2D eigenvalue weighted by atomic mass is 10.0. The summed E-state index contributed by atoms with van der Waals surface area (Å²) in [5, 5.41) is 8.93. The maximum absolute atomic E-state index is 10.8. The molecule has 0 saturated carbocycles. The normalized spacial score (nSPS) is 19.5. The van der Waals surface area contributed by atoms with Crippen molar-refractivity contribution >= 4 is 11.7 Å². The summed E-state index contributed by atoms with van der Waals surface area (Å²) >= 11 is 0. The molecule has 1 aliphatic rings. The number of anilines is 1. The van der Waals surface area contributed by atoms with E-state index in [9.17, 15) is 4.79 Å². The fraction of sp³-hybridized carbons (Fsp3) is 0.533. The van der Waals surface area contributed by atoms with Crippen LogP contribution in [-0.2, 0) is 4.79 Å². The van der Waals surface area contributed by atoms with Gasteiger partial charge in [-0.05, 0) is 36.5 Å². The summed E-state index contributed by atoms with van der Waals surface area (Å²) in [5.74, 6) is -0.168. The van der Waals surface area contributed by atoms with Crippen LogP contribution in [0.2, 0.25) is 0 Å². The van der Waals surface area contributed by atoms with Crippen LogP contribution in [0.4, 0.5) is 5.69 Å². The second-order valence-electron chi connectivity index (χ2n) is 5.33. The number of benzene rings is 1. The number of nitrogens with zero attached hydrogens (tertiary/aromatic N) is 1. The third-order valence-electron chi connectivity index (χ3n) is 3.68. The molecule has 1 aliphatic heterocycles. The number of carbonyl (C=O) groups is 1. The topological polar surface area (TPSA) is 40.5 Å². The van der Waals surface area contributed by atoms with Crippen LogP contribution < -0.4 is 4.90 Å². The van der Waals surface area contributed by atoms with E-state index in [4.69, 9.17) is 5.11 Å². The van der Waals surface area contributed by atoms with Gasteiger partial charge >= 0.3 is 5.97 Å². The van der Waals surface area contributed by atoms with Crippen LogP contribution in [0.1, 0.15) is 44.6 Å². The van der Waals surface area contributed by atoms with Crippen molar-refractivity contribution in [2.45, 2.75) is 45.1 Å². The number of aliphatic carboxylic acids is 1. The van der Waals surface area contributed by atoms with Crippen molar-refractivity contribution < 1.29 is 9.90 Å². The Labute approximate surface area is 108 Å². The van der Waals surface area contributed by atoms with Crippen LogP contribution in [-0.4, -0.2) is 23.7 Å². The molecule has 0 radical (unpaired) electrons. The Morgan fingerprint density at radius 1 is 1.39 bits per heavy atom. The first-order valence-electron chi connectivity index (χ1n) is 6.66. The van der Waals surface area contributed by atoms with Gasteiger partial charge in [0.2, 0.25) is 0 Å². The Kier molecular flexibility index (Phi) is 3.90. The maximum atomic E-state index is 10.8. The van der Waals surface area contributed by atoms with Gasteiger partial charge < -0.3 is 10.0 Å². The second kappa shape index (κ2) is 5.42. The van der Waals surface area contributed by atoms with Crippen LogP contribution in [0.5, 0.6) is 0 Å². The molecule has 0 bridgehead atoms. The molecule has 98 valence electrons. The van der Waals surface area contributed by atoms with Gasteiger partial charge in [-0.25, -0.2) is 0 Å². The molecule has 0 amide bonds. The molecule has 3 nitrogen and oxygen atoms in total. The minimum absolute atomic E-state index is 0.160. The first-order valence-corrected chi connectivity index (χ1v) is 6.66. The lowest BCUT2D eigenvalue weighted by Gasteiger charge is -2.26. The molecule has 1 aromatic carbocycles. The number of carboxylic acids is 1. The molecule has 0 aromatic heterocycles. The van der Waals surface area contributed by atoms with E-state index < -0.39 is 5.97 Å². The van der Waals surface area contributed by atoms with Gasteiger partial charge in [-0.2, -0.15) is 0 Å². The monoisotopic (exact) mass is 247 g/mol. The van der Waals surface area contributed by atoms with Crippen LogP contribution in [0, 0.1) is 0 Å². The Balaban J connectivity index is 2.12. The van der Waals surface area contributed by atoms with Crippen molar-refractivity contribution in [3.63, 3.8) is 0 Å². The molecule has 18 heavy (non-hydrogen) atoms. The fourth-order valence-corrected chi connectivity index (χ4v) is 2.64. The highest BCUT2D eigenvalue weighted by Gasteiger charge is 2.26. The summed E-state index contributed by atoms with van der Waals surface area (Å²) in [6.45, 7) is 5.33. The van der Waals surface area contributed by atoms with Crippen LogP contribution in [0.15, 0.2) is 24.3 Å². The highest BCUT2D eigenvalue weighted by Crippen LogP contribution is 2.28. The first kappa shape index (κ1) is 12.9. The zero-order valence-electron chi connectivity index (χ0n) is 11.1.